The molecule has 0 aliphatic heterocycles. The minimum atomic E-state index is 0.704. The minimum Gasteiger partial charge on any atom is -0.306 e. The van der Waals surface area contributed by atoms with Crippen LogP contribution in [0.3, 0.4) is 0 Å². The summed E-state index contributed by atoms with van der Waals surface area (Å²) in [6, 6.07) is 65.3. The summed E-state index contributed by atoms with van der Waals surface area (Å²) < 4.78 is 9.70. The number of nitrogens with zero attached hydrogens (tertiary/aromatic N) is 4. The Morgan fingerprint density at radius 2 is 0.983 bits per heavy atom. The predicted octanol–water partition coefficient (Wildman–Crippen LogP) is 14.7. The Hall–Kier alpha value is -7.12. The van der Waals surface area contributed by atoms with Crippen molar-refractivity contribution in [2.45, 2.75) is 0 Å². The van der Waals surface area contributed by atoms with Gasteiger partial charge in [-0.05, 0) is 52.2 Å². The van der Waals surface area contributed by atoms with E-state index >= 15 is 0 Å². The van der Waals surface area contributed by atoms with Gasteiger partial charge in [0.15, 0.2) is 11.6 Å². The van der Waals surface area contributed by atoms with Gasteiger partial charge in [-0.25, -0.2) is 9.97 Å². The maximum atomic E-state index is 5.65. The van der Waals surface area contributed by atoms with Crippen molar-refractivity contribution in [3.63, 3.8) is 0 Å². The zero-order chi connectivity index (χ0) is 37.9. The van der Waals surface area contributed by atoms with Gasteiger partial charge in [0.25, 0.3) is 0 Å². The number of fused-ring (bicyclic) bond motifs is 15. The summed E-state index contributed by atoms with van der Waals surface area (Å²) in [5.74, 6) is 1.60. The SMILES string of the molecule is c1ccc(-c2nc(-n3c4ccccc4c4c5ccccc5c5c6ccccc6sc5c43)c3sc4c5c(-c6ccccc6)cccc5n(-c5ccccc5)c4c3n2)cc1. The molecule has 0 N–H and O–H groups in total. The Morgan fingerprint density at radius 1 is 0.379 bits per heavy atom. The van der Waals surface area contributed by atoms with Crippen LogP contribution in [0.4, 0.5) is 0 Å². The molecule has 0 aliphatic rings. The molecule has 5 heterocycles. The van der Waals surface area contributed by atoms with Crippen molar-refractivity contribution in [1.29, 1.82) is 0 Å². The topological polar surface area (TPSA) is 35.6 Å². The molecule has 0 bridgehead atoms. The van der Waals surface area contributed by atoms with Crippen LogP contribution in [0.1, 0.15) is 0 Å². The Labute approximate surface area is 340 Å². The number of hydrogen-bond donors (Lipinski definition) is 0. The van der Waals surface area contributed by atoms with E-state index in [1.54, 1.807) is 0 Å². The van der Waals surface area contributed by atoms with Gasteiger partial charge in [-0.3, -0.25) is 4.57 Å². The maximum Gasteiger partial charge on any atom is 0.162 e. The summed E-state index contributed by atoms with van der Waals surface area (Å²) in [6.45, 7) is 0. The molecule has 270 valence electrons. The summed E-state index contributed by atoms with van der Waals surface area (Å²) in [4.78, 5) is 11.2. The van der Waals surface area contributed by atoms with E-state index in [9.17, 15) is 0 Å². The zero-order valence-corrected chi connectivity index (χ0v) is 32.6. The van der Waals surface area contributed by atoms with E-state index in [-0.39, 0.29) is 0 Å². The highest BCUT2D eigenvalue weighted by molar-refractivity contribution is 7.27. The van der Waals surface area contributed by atoms with Crippen LogP contribution < -0.4 is 0 Å². The van der Waals surface area contributed by atoms with Gasteiger partial charge in [-0.15, -0.1) is 22.7 Å². The minimum absolute atomic E-state index is 0.704. The number of hydrogen-bond acceptors (Lipinski definition) is 4. The molecule has 0 aliphatic carbocycles. The van der Waals surface area contributed by atoms with Crippen LogP contribution in [0, 0.1) is 0 Å². The van der Waals surface area contributed by atoms with E-state index in [1.165, 1.54) is 68.4 Å². The van der Waals surface area contributed by atoms with Crippen molar-refractivity contribution in [2.24, 2.45) is 0 Å². The lowest BCUT2D eigenvalue weighted by Crippen LogP contribution is -2.02. The van der Waals surface area contributed by atoms with Crippen LogP contribution in [0.2, 0.25) is 0 Å². The Kier molecular flexibility index (Phi) is 6.73. The summed E-state index contributed by atoms with van der Waals surface area (Å²) in [7, 11) is 0. The average Bonchev–Trinajstić information content (AvgIpc) is 4.05. The van der Waals surface area contributed by atoms with Crippen LogP contribution in [0.25, 0.3) is 118 Å². The molecule has 4 nitrogen and oxygen atoms in total. The molecule has 5 aromatic heterocycles. The molecule has 13 rings (SSSR count). The Morgan fingerprint density at radius 3 is 1.76 bits per heavy atom. The van der Waals surface area contributed by atoms with Crippen LogP contribution in [-0.4, -0.2) is 19.1 Å². The molecule has 0 unspecified atom stereocenters. The number of rotatable bonds is 4. The molecule has 0 amide bonds. The van der Waals surface area contributed by atoms with E-state index in [0.717, 1.165) is 43.8 Å². The molecule has 0 saturated carbocycles. The fourth-order valence-electron chi connectivity index (χ4n) is 9.33. The third-order valence-corrected chi connectivity index (χ3v) is 14.1. The molecule has 8 aromatic carbocycles. The number of benzene rings is 8. The Balaban J connectivity index is 1.28. The molecule has 0 radical (unpaired) electrons. The molecule has 0 saturated heterocycles. The first-order chi connectivity index (χ1) is 28.8. The van der Waals surface area contributed by atoms with Gasteiger partial charge in [0.2, 0.25) is 0 Å². The van der Waals surface area contributed by atoms with Gasteiger partial charge in [0.05, 0.1) is 36.2 Å². The predicted molar refractivity (Wildman–Crippen MR) is 247 cm³/mol. The first kappa shape index (κ1) is 32.0. The lowest BCUT2D eigenvalue weighted by Gasteiger charge is -2.13. The molecular formula is C52H30N4S2. The monoisotopic (exact) mass is 774 g/mol. The van der Waals surface area contributed by atoms with Crippen LogP contribution in [0.15, 0.2) is 182 Å². The number of thiophene rings is 2. The van der Waals surface area contributed by atoms with Crippen molar-refractivity contribution in [2.75, 3.05) is 0 Å². The van der Waals surface area contributed by atoms with E-state index in [4.69, 9.17) is 9.97 Å². The molecular weight excluding hydrogens is 745 g/mol. The quantitative estimate of drug-likeness (QED) is 0.178. The second-order valence-corrected chi connectivity index (χ2v) is 16.9. The van der Waals surface area contributed by atoms with Gasteiger partial charge >= 0.3 is 0 Å². The smallest absolute Gasteiger partial charge is 0.162 e. The van der Waals surface area contributed by atoms with Crippen molar-refractivity contribution in [3.05, 3.63) is 182 Å². The summed E-state index contributed by atoms with van der Waals surface area (Å²) in [5.41, 5.74) is 10.0. The zero-order valence-electron chi connectivity index (χ0n) is 30.9. The average molecular weight is 775 g/mol. The molecule has 58 heavy (non-hydrogen) atoms. The summed E-state index contributed by atoms with van der Waals surface area (Å²) in [5, 5.41) is 8.81. The second-order valence-electron chi connectivity index (χ2n) is 14.9. The highest BCUT2D eigenvalue weighted by Crippen LogP contribution is 2.51. The lowest BCUT2D eigenvalue weighted by molar-refractivity contribution is 1.08. The van der Waals surface area contributed by atoms with Crippen LogP contribution in [0.5, 0.6) is 0 Å². The first-order valence-corrected chi connectivity index (χ1v) is 21.1. The summed E-state index contributed by atoms with van der Waals surface area (Å²) in [6.07, 6.45) is 0. The van der Waals surface area contributed by atoms with Gasteiger partial charge in [-0.1, -0.05) is 152 Å². The van der Waals surface area contributed by atoms with Gasteiger partial charge in [0, 0.05) is 42.9 Å². The van der Waals surface area contributed by atoms with Gasteiger partial charge < -0.3 is 4.57 Å². The highest BCUT2D eigenvalue weighted by atomic mass is 32.1. The van der Waals surface area contributed by atoms with Gasteiger partial charge in [-0.2, -0.15) is 0 Å². The fraction of sp³-hybridized carbons (Fsp3) is 0. The molecule has 0 spiro atoms. The molecule has 0 fully saturated rings. The second kappa shape index (κ2) is 12.2. The maximum absolute atomic E-state index is 5.65. The van der Waals surface area contributed by atoms with Crippen molar-refractivity contribution in [3.8, 4) is 34.0 Å². The van der Waals surface area contributed by atoms with E-state index in [1.807, 2.05) is 22.7 Å². The number of para-hydroxylation sites is 2. The normalized spacial score (nSPS) is 12.1. The molecule has 6 heteroatoms. The fourth-order valence-corrected chi connectivity index (χ4v) is 11.9. The van der Waals surface area contributed by atoms with Crippen LogP contribution in [-0.2, 0) is 0 Å². The van der Waals surface area contributed by atoms with Crippen molar-refractivity contribution < 1.29 is 0 Å². The van der Waals surface area contributed by atoms with E-state index in [2.05, 4.69) is 191 Å². The van der Waals surface area contributed by atoms with Gasteiger partial charge in [0.1, 0.15) is 5.52 Å². The number of aromatic nitrogens is 4. The molecule has 0 atom stereocenters. The largest absolute Gasteiger partial charge is 0.306 e. The third-order valence-electron chi connectivity index (χ3n) is 11.7. The summed E-state index contributed by atoms with van der Waals surface area (Å²) >= 11 is 3.69. The van der Waals surface area contributed by atoms with Crippen molar-refractivity contribution in [1.82, 2.24) is 19.1 Å². The molecule has 13 aromatic rings. The lowest BCUT2D eigenvalue weighted by atomic mass is 9.99. The first-order valence-electron chi connectivity index (χ1n) is 19.5. The van der Waals surface area contributed by atoms with E-state index < -0.39 is 0 Å². The van der Waals surface area contributed by atoms with Crippen molar-refractivity contribution >= 4 is 107 Å². The third kappa shape index (κ3) is 4.38. The van der Waals surface area contributed by atoms with E-state index in [0.29, 0.717) is 5.82 Å². The Bertz CT molecular complexity index is 3780. The standard InChI is InChI=1S/C52H30N4S2/c1-4-17-31(18-5-1)34-27-16-29-40-44(34)49-47(55(40)33-21-8-3-9-22-33)45-50(58-49)52(54-51(53-45)32-19-6-2-7-20-32)56-39-28-14-12-25-37(39)42-35-23-10-11-24-36(35)43-38-26-13-15-30-41(38)57-48(43)46(42)56/h1-30H. The highest BCUT2D eigenvalue weighted by Gasteiger charge is 2.28. The van der Waals surface area contributed by atoms with Crippen LogP contribution >= 0.6 is 22.7 Å².